The summed E-state index contributed by atoms with van der Waals surface area (Å²) in [6.07, 6.45) is 0.926. The number of carbonyl (C=O) groups excluding carboxylic acids is 1. The van der Waals surface area contributed by atoms with E-state index in [1.807, 2.05) is 0 Å². The first-order valence-electron chi connectivity index (χ1n) is 3.31. The van der Waals surface area contributed by atoms with Crippen LogP contribution in [-0.2, 0) is 9.53 Å². The number of aliphatic hydroxyl groups is 3. The quantitative estimate of drug-likeness (QED) is 0.348. The Labute approximate surface area is 69.9 Å². The molecule has 0 aromatic heterocycles. The van der Waals surface area contributed by atoms with Crippen LogP contribution in [-0.4, -0.2) is 46.7 Å². The van der Waals surface area contributed by atoms with Crippen LogP contribution < -0.4 is 0 Å². The first-order chi connectivity index (χ1) is 5.58. The van der Waals surface area contributed by atoms with Crippen LogP contribution in [0.15, 0.2) is 12.7 Å². The van der Waals surface area contributed by atoms with Gasteiger partial charge >= 0.3 is 5.97 Å². The summed E-state index contributed by atoms with van der Waals surface area (Å²) in [5.74, 6) is -0.713. The third-order valence-electron chi connectivity index (χ3n) is 1.24. The number of carbonyl (C=O) groups is 1. The molecule has 5 nitrogen and oxygen atoms in total. The molecule has 0 rings (SSSR count). The minimum atomic E-state index is -1.77. The highest BCUT2D eigenvalue weighted by atomic mass is 16.5. The Balaban J connectivity index is 3.88. The maximum absolute atomic E-state index is 10.5. The van der Waals surface area contributed by atoms with Crippen molar-refractivity contribution in [1.29, 1.82) is 0 Å². The Hall–Kier alpha value is -0.910. The molecule has 0 aliphatic carbocycles. The van der Waals surface area contributed by atoms with E-state index >= 15 is 0 Å². The van der Waals surface area contributed by atoms with E-state index < -0.39 is 31.4 Å². The predicted octanol–water partition coefficient (Wildman–Crippen LogP) is -1.57. The molecule has 5 heteroatoms. The molecular weight excluding hydrogens is 164 g/mol. The fourth-order valence-corrected chi connectivity index (χ4v) is 0.406. The molecule has 0 aromatic carbocycles. The molecule has 0 aromatic rings. The minimum absolute atomic E-state index is 0.454. The molecule has 70 valence electrons. The van der Waals surface area contributed by atoms with Crippen LogP contribution in [0.1, 0.15) is 0 Å². The van der Waals surface area contributed by atoms with E-state index in [2.05, 4.69) is 11.3 Å². The number of aliphatic hydroxyl groups excluding tert-OH is 2. The molecule has 0 saturated heterocycles. The monoisotopic (exact) mass is 176 g/mol. The maximum atomic E-state index is 10.5. The van der Waals surface area contributed by atoms with Crippen LogP contribution in [0.2, 0.25) is 0 Å². The summed E-state index contributed by atoms with van der Waals surface area (Å²) in [5.41, 5.74) is -1.77. The van der Waals surface area contributed by atoms with E-state index in [4.69, 9.17) is 15.3 Å². The normalized spacial score (nSPS) is 10.9. The Kier molecular flexibility index (Phi) is 4.50. The van der Waals surface area contributed by atoms with Gasteiger partial charge in [0.2, 0.25) is 0 Å². The highest BCUT2D eigenvalue weighted by molar-refractivity contribution is 5.81. The van der Waals surface area contributed by atoms with Gasteiger partial charge in [-0.25, -0.2) is 4.79 Å². The van der Waals surface area contributed by atoms with Crippen LogP contribution in [0.3, 0.4) is 0 Å². The lowest BCUT2D eigenvalue weighted by Crippen LogP contribution is -2.42. The highest BCUT2D eigenvalue weighted by Gasteiger charge is 2.26. The zero-order valence-electron chi connectivity index (χ0n) is 6.56. The second kappa shape index (κ2) is 4.87. The van der Waals surface area contributed by atoms with Crippen molar-refractivity contribution in [2.75, 3.05) is 19.8 Å². The Morgan fingerprint density at radius 3 is 2.33 bits per heavy atom. The molecular formula is C7H12O5. The van der Waals surface area contributed by atoms with Gasteiger partial charge in [0.15, 0.2) is 0 Å². The fraction of sp³-hybridized carbons (Fsp3) is 0.571. The molecule has 0 spiro atoms. The third-order valence-corrected chi connectivity index (χ3v) is 1.24. The fourth-order valence-electron chi connectivity index (χ4n) is 0.406. The Morgan fingerprint density at radius 1 is 1.50 bits per heavy atom. The van der Waals surface area contributed by atoms with Crippen molar-refractivity contribution in [3.05, 3.63) is 12.7 Å². The average molecular weight is 176 g/mol. The summed E-state index contributed by atoms with van der Waals surface area (Å²) in [6, 6.07) is 0. The Morgan fingerprint density at radius 2 is 2.00 bits per heavy atom. The van der Waals surface area contributed by atoms with E-state index in [0.717, 1.165) is 6.08 Å². The van der Waals surface area contributed by atoms with Crippen LogP contribution in [0.25, 0.3) is 0 Å². The van der Waals surface area contributed by atoms with Crippen LogP contribution >= 0.6 is 0 Å². The van der Waals surface area contributed by atoms with E-state index in [1.54, 1.807) is 0 Å². The van der Waals surface area contributed by atoms with Crippen molar-refractivity contribution in [2.24, 2.45) is 0 Å². The summed E-state index contributed by atoms with van der Waals surface area (Å²) in [4.78, 5) is 10.5. The van der Waals surface area contributed by atoms with Gasteiger partial charge in [-0.1, -0.05) is 6.58 Å². The largest absolute Gasteiger partial charge is 0.459 e. The lowest BCUT2D eigenvalue weighted by molar-refractivity contribution is -0.152. The van der Waals surface area contributed by atoms with Gasteiger partial charge in [0.05, 0.1) is 13.2 Å². The number of hydrogen-bond acceptors (Lipinski definition) is 5. The first-order valence-corrected chi connectivity index (χ1v) is 3.31. The maximum Gasteiger partial charge on any atom is 0.330 e. The standard InChI is InChI=1S/C7H12O5/c1-2-6(10)12-5-7(11,3-8)4-9/h2,8-9,11H,1,3-5H2. The van der Waals surface area contributed by atoms with Gasteiger partial charge in [0.25, 0.3) is 0 Å². The van der Waals surface area contributed by atoms with Gasteiger partial charge in [-0.3, -0.25) is 0 Å². The molecule has 0 amide bonds. The average Bonchev–Trinajstić information content (AvgIpc) is 2.13. The molecule has 12 heavy (non-hydrogen) atoms. The van der Waals surface area contributed by atoms with E-state index in [9.17, 15) is 4.79 Å². The van der Waals surface area contributed by atoms with Gasteiger partial charge in [0, 0.05) is 6.08 Å². The third kappa shape index (κ3) is 3.47. The van der Waals surface area contributed by atoms with Crippen LogP contribution in [0.5, 0.6) is 0 Å². The summed E-state index contributed by atoms with van der Waals surface area (Å²) < 4.78 is 4.41. The summed E-state index contributed by atoms with van der Waals surface area (Å²) in [7, 11) is 0. The SMILES string of the molecule is C=CC(=O)OCC(O)(CO)CO. The summed E-state index contributed by atoms with van der Waals surface area (Å²) in [6.45, 7) is 1.33. The lowest BCUT2D eigenvalue weighted by atomic mass is 10.1. The van der Waals surface area contributed by atoms with Gasteiger partial charge in [-0.15, -0.1) is 0 Å². The lowest BCUT2D eigenvalue weighted by Gasteiger charge is -2.21. The zero-order valence-corrected chi connectivity index (χ0v) is 6.56. The topological polar surface area (TPSA) is 87.0 Å². The van der Waals surface area contributed by atoms with Gasteiger partial charge < -0.3 is 20.1 Å². The summed E-state index contributed by atoms with van der Waals surface area (Å²) in [5, 5.41) is 26.2. The minimum Gasteiger partial charge on any atom is -0.459 e. The van der Waals surface area contributed by atoms with E-state index in [0.29, 0.717) is 0 Å². The van der Waals surface area contributed by atoms with E-state index in [-0.39, 0.29) is 0 Å². The second-order valence-electron chi connectivity index (χ2n) is 2.35. The zero-order chi connectivity index (χ0) is 9.61. The van der Waals surface area contributed by atoms with Crippen molar-refractivity contribution < 1.29 is 24.9 Å². The van der Waals surface area contributed by atoms with Crippen molar-refractivity contribution in [3.8, 4) is 0 Å². The van der Waals surface area contributed by atoms with Gasteiger partial charge in [-0.05, 0) is 0 Å². The van der Waals surface area contributed by atoms with E-state index in [1.165, 1.54) is 0 Å². The smallest absolute Gasteiger partial charge is 0.330 e. The molecule has 0 aliphatic rings. The highest BCUT2D eigenvalue weighted by Crippen LogP contribution is 2.02. The first kappa shape index (κ1) is 11.1. The van der Waals surface area contributed by atoms with Crippen LogP contribution in [0.4, 0.5) is 0 Å². The molecule has 0 unspecified atom stereocenters. The molecule has 0 bridgehead atoms. The number of ether oxygens (including phenoxy) is 1. The second-order valence-corrected chi connectivity index (χ2v) is 2.35. The molecule has 3 N–H and O–H groups in total. The number of esters is 1. The molecule has 0 saturated carbocycles. The number of hydrogen-bond donors (Lipinski definition) is 3. The molecule has 0 fully saturated rings. The van der Waals surface area contributed by atoms with Crippen molar-refractivity contribution in [2.45, 2.75) is 5.60 Å². The molecule has 0 aliphatic heterocycles. The molecule has 0 heterocycles. The molecule has 0 radical (unpaired) electrons. The van der Waals surface area contributed by atoms with Crippen molar-refractivity contribution in [3.63, 3.8) is 0 Å². The Bertz CT molecular complexity index is 161. The van der Waals surface area contributed by atoms with Gasteiger partial charge in [-0.2, -0.15) is 0 Å². The van der Waals surface area contributed by atoms with Gasteiger partial charge in [0.1, 0.15) is 12.2 Å². The van der Waals surface area contributed by atoms with Crippen molar-refractivity contribution >= 4 is 5.97 Å². The summed E-state index contributed by atoms with van der Waals surface area (Å²) >= 11 is 0. The predicted molar refractivity (Wildman–Crippen MR) is 40.3 cm³/mol. The van der Waals surface area contributed by atoms with Crippen molar-refractivity contribution in [1.82, 2.24) is 0 Å². The van der Waals surface area contributed by atoms with Crippen LogP contribution in [0, 0.1) is 0 Å². The molecule has 0 atom stereocenters. The number of rotatable bonds is 5.